The summed E-state index contributed by atoms with van der Waals surface area (Å²) in [5, 5.41) is 0. The van der Waals surface area contributed by atoms with Crippen LogP contribution in [0.3, 0.4) is 0 Å². The Bertz CT molecular complexity index is 606. The predicted octanol–water partition coefficient (Wildman–Crippen LogP) is 6.45. The molecular weight excluding hydrogens is 455 g/mol. The molecule has 0 amide bonds. The van der Waals surface area contributed by atoms with E-state index in [1.165, 1.54) is 22.3 Å². The van der Waals surface area contributed by atoms with Crippen molar-refractivity contribution in [3.05, 3.63) is 70.8 Å². The Morgan fingerprint density at radius 2 is 0.867 bits per heavy atom. The van der Waals surface area contributed by atoms with Gasteiger partial charge in [-0.15, -0.1) is 23.2 Å². The van der Waals surface area contributed by atoms with Crippen molar-refractivity contribution in [3.8, 4) is 0 Å². The van der Waals surface area contributed by atoms with Crippen LogP contribution in [-0.4, -0.2) is 49.4 Å². The highest BCUT2D eigenvalue weighted by Crippen LogP contribution is 2.11. The maximum atomic E-state index is 5.81. The van der Waals surface area contributed by atoms with Crippen molar-refractivity contribution in [2.45, 2.75) is 24.6 Å². The van der Waals surface area contributed by atoms with E-state index in [-0.39, 0.29) is 0 Å². The Morgan fingerprint density at radius 1 is 0.500 bits per heavy atom. The number of ether oxygens (including phenoxy) is 2. The second-order valence-electron chi connectivity index (χ2n) is 6.85. The summed E-state index contributed by atoms with van der Waals surface area (Å²) in [7, 11) is 0. The Morgan fingerprint density at radius 3 is 1.23 bits per heavy atom. The fourth-order valence-electron chi connectivity index (χ4n) is 2.73. The quantitative estimate of drug-likeness (QED) is 0.189. The number of halogens is 2. The molecule has 0 unspecified atom stereocenters. The van der Waals surface area contributed by atoms with E-state index in [1.54, 1.807) is 0 Å². The lowest BCUT2D eigenvalue weighted by Gasteiger charge is -2.07. The second-order valence-corrected chi connectivity index (χ2v) is 9.83. The number of hydrogen-bond donors (Lipinski definition) is 0. The molecule has 0 bridgehead atoms. The molecule has 2 rings (SSSR count). The largest absolute Gasteiger partial charge is 0.378 e. The smallest absolute Gasteiger partial charge is 0.0700 e. The molecule has 30 heavy (non-hydrogen) atoms. The van der Waals surface area contributed by atoms with Gasteiger partial charge in [0.05, 0.1) is 26.4 Å². The maximum absolute atomic E-state index is 5.81. The van der Waals surface area contributed by atoms with Crippen molar-refractivity contribution in [1.82, 2.24) is 0 Å². The summed E-state index contributed by atoms with van der Waals surface area (Å²) in [4.78, 5) is 0. The standard InChI is InChI=1S/C24H32Cl2O2S2/c25-19-23-5-1-21(2-6-23)9-15-29-17-13-27-11-12-28-14-18-30-16-10-22-3-7-24(20-26)8-4-22/h1-8H,9-20H2. The van der Waals surface area contributed by atoms with Gasteiger partial charge in [-0.1, -0.05) is 48.5 Å². The second kappa shape index (κ2) is 17.2. The van der Waals surface area contributed by atoms with Gasteiger partial charge in [0.25, 0.3) is 0 Å². The summed E-state index contributed by atoms with van der Waals surface area (Å²) < 4.78 is 11.3. The number of alkyl halides is 2. The fourth-order valence-corrected chi connectivity index (χ4v) is 4.73. The average Bonchev–Trinajstić information content (AvgIpc) is 2.80. The minimum atomic E-state index is 0.583. The summed E-state index contributed by atoms with van der Waals surface area (Å²) in [5.41, 5.74) is 5.09. The molecule has 0 aliphatic rings. The van der Waals surface area contributed by atoms with Gasteiger partial charge in [-0.25, -0.2) is 0 Å². The highest BCUT2D eigenvalue weighted by Gasteiger charge is 1.98. The van der Waals surface area contributed by atoms with E-state index in [2.05, 4.69) is 48.5 Å². The van der Waals surface area contributed by atoms with Gasteiger partial charge in [-0.3, -0.25) is 0 Å². The van der Waals surface area contributed by atoms with E-state index < -0.39 is 0 Å². The number of hydrogen-bond acceptors (Lipinski definition) is 4. The van der Waals surface area contributed by atoms with E-state index in [1.807, 2.05) is 23.5 Å². The van der Waals surface area contributed by atoms with Gasteiger partial charge < -0.3 is 9.47 Å². The number of thioether (sulfide) groups is 2. The van der Waals surface area contributed by atoms with Crippen molar-refractivity contribution >= 4 is 46.7 Å². The van der Waals surface area contributed by atoms with Crippen LogP contribution in [0.5, 0.6) is 0 Å². The van der Waals surface area contributed by atoms with E-state index >= 15 is 0 Å². The molecule has 0 fully saturated rings. The lowest BCUT2D eigenvalue weighted by molar-refractivity contribution is 0.0605. The number of rotatable bonds is 17. The van der Waals surface area contributed by atoms with Crippen molar-refractivity contribution in [1.29, 1.82) is 0 Å². The summed E-state index contributed by atoms with van der Waals surface area (Å²) >= 11 is 15.5. The summed E-state index contributed by atoms with van der Waals surface area (Å²) in [6.07, 6.45) is 2.18. The van der Waals surface area contributed by atoms with Crippen LogP contribution in [0.1, 0.15) is 22.3 Å². The Labute approximate surface area is 200 Å². The topological polar surface area (TPSA) is 18.5 Å². The Kier molecular flexibility index (Phi) is 14.9. The van der Waals surface area contributed by atoms with Crippen LogP contribution in [-0.2, 0) is 34.1 Å². The Balaban J connectivity index is 1.32. The first-order valence-electron chi connectivity index (χ1n) is 10.4. The van der Waals surface area contributed by atoms with Crippen LogP contribution in [0, 0.1) is 0 Å². The molecule has 0 aromatic heterocycles. The summed E-state index contributed by atoms with van der Waals surface area (Å²) in [6.45, 7) is 2.93. The highest BCUT2D eigenvalue weighted by molar-refractivity contribution is 7.99. The van der Waals surface area contributed by atoms with Crippen LogP contribution >= 0.6 is 46.7 Å². The number of aryl methyl sites for hydroxylation is 2. The monoisotopic (exact) mass is 486 g/mol. The third-order valence-corrected chi connectivity index (χ3v) is 7.05. The van der Waals surface area contributed by atoms with Crippen LogP contribution in [0.25, 0.3) is 0 Å². The van der Waals surface area contributed by atoms with Gasteiger partial charge in [0.2, 0.25) is 0 Å². The van der Waals surface area contributed by atoms with Crippen LogP contribution in [0.15, 0.2) is 48.5 Å². The molecule has 0 radical (unpaired) electrons. The molecule has 0 saturated carbocycles. The van der Waals surface area contributed by atoms with Crippen molar-refractivity contribution in [2.75, 3.05) is 49.4 Å². The molecular formula is C24H32Cl2O2S2. The lowest BCUT2D eigenvalue weighted by Crippen LogP contribution is -2.08. The van der Waals surface area contributed by atoms with Crippen LogP contribution in [0.4, 0.5) is 0 Å². The van der Waals surface area contributed by atoms with E-state index in [0.717, 1.165) is 49.1 Å². The normalized spacial score (nSPS) is 11.1. The molecule has 0 spiro atoms. The highest BCUT2D eigenvalue weighted by atomic mass is 35.5. The minimum absolute atomic E-state index is 0.583. The molecule has 0 aliphatic heterocycles. The predicted molar refractivity (Wildman–Crippen MR) is 136 cm³/mol. The molecule has 2 aromatic rings. The molecule has 6 heteroatoms. The first-order chi connectivity index (χ1) is 14.8. The summed E-state index contributed by atoms with van der Waals surface area (Å²) in [6, 6.07) is 17.1. The third-order valence-electron chi connectivity index (χ3n) is 4.54. The van der Waals surface area contributed by atoms with Gasteiger partial charge in [-0.2, -0.15) is 23.5 Å². The molecule has 0 saturated heterocycles. The van der Waals surface area contributed by atoms with Crippen molar-refractivity contribution in [3.63, 3.8) is 0 Å². The lowest BCUT2D eigenvalue weighted by atomic mass is 10.1. The Hall–Kier alpha value is -0.360. The first kappa shape index (κ1) is 25.9. The first-order valence-corrected chi connectivity index (χ1v) is 13.8. The van der Waals surface area contributed by atoms with Gasteiger partial charge >= 0.3 is 0 Å². The maximum Gasteiger partial charge on any atom is 0.0700 e. The van der Waals surface area contributed by atoms with Gasteiger partial charge in [0.1, 0.15) is 0 Å². The zero-order valence-corrected chi connectivity index (χ0v) is 20.6. The van der Waals surface area contributed by atoms with E-state index in [0.29, 0.717) is 25.0 Å². The summed E-state index contributed by atoms with van der Waals surface area (Å²) in [5.74, 6) is 5.46. The average molecular weight is 488 g/mol. The molecule has 2 nitrogen and oxygen atoms in total. The molecule has 0 aliphatic carbocycles. The molecule has 2 aromatic carbocycles. The van der Waals surface area contributed by atoms with Crippen LogP contribution in [0.2, 0.25) is 0 Å². The van der Waals surface area contributed by atoms with Gasteiger partial charge in [0, 0.05) is 23.3 Å². The van der Waals surface area contributed by atoms with Crippen molar-refractivity contribution < 1.29 is 9.47 Å². The zero-order valence-electron chi connectivity index (χ0n) is 17.5. The molecule has 0 atom stereocenters. The van der Waals surface area contributed by atoms with E-state index in [9.17, 15) is 0 Å². The van der Waals surface area contributed by atoms with Crippen LogP contribution < -0.4 is 0 Å². The molecule has 166 valence electrons. The van der Waals surface area contributed by atoms with E-state index in [4.69, 9.17) is 32.7 Å². The third kappa shape index (κ3) is 11.9. The van der Waals surface area contributed by atoms with Gasteiger partial charge in [-0.05, 0) is 46.6 Å². The van der Waals surface area contributed by atoms with Crippen molar-refractivity contribution in [2.24, 2.45) is 0 Å². The minimum Gasteiger partial charge on any atom is -0.378 e. The number of benzene rings is 2. The molecule has 0 N–H and O–H groups in total. The fraction of sp³-hybridized carbons (Fsp3) is 0.500. The zero-order chi connectivity index (χ0) is 21.3. The molecule has 0 heterocycles. The SMILES string of the molecule is ClCc1ccc(CCSCCOCCOCCSCCc2ccc(CCl)cc2)cc1. The van der Waals surface area contributed by atoms with Gasteiger partial charge in [0.15, 0.2) is 0 Å².